The average molecular weight is 220 g/mol. The lowest BCUT2D eigenvalue weighted by molar-refractivity contribution is 0.0452. The van der Waals surface area contributed by atoms with E-state index in [1.54, 1.807) is 31.2 Å². The number of carbonyl (C=O) groups is 1. The van der Waals surface area contributed by atoms with Gasteiger partial charge in [0.05, 0.1) is 0 Å². The Morgan fingerprint density at radius 1 is 1.38 bits per heavy atom. The second-order valence-electron chi connectivity index (χ2n) is 4.81. The van der Waals surface area contributed by atoms with E-state index in [-0.39, 0.29) is 11.7 Å². The molecule has 0 aliphatic heterocycles. The quantitative estimate of drug-likeness (QED) is 0.706. The van der Waals surface area contributed by atoms with E-state index in [4.69, 9.17) is 0 Å². The second kappa shape index (κ2) is 4.00. The van der Waals surface area contributed by atoms with Crippen molar-refractivity contribution in [3.63, 3.8) is 0 Å². The van der Waals surface area contributed by atoms with Crippen molar-refractivity contribution in [2.45, 2.75) is 38.8 Å². The summed E-state index contributed by atoms with van der Waals surface area (Å²) in [5.41, 5.74) is -0.271. The molecule has 1 fully saturated rings. The van der Waals surface area contributed by atoms with Crippen LogP contribution in [-0.2, 0) is 5.67 Å². The molecule has 0 heterocycles. The van der Waals surface area contributed by atoms with Gasteiger partial charge in [-0.05, 0) is 38.2 Å². The zero-order chi connectivity index (χ0) is 11.8. The van der Waals surface area contributed by atoms with E-state index in [2.05, 4.69) is 0 Å². The SMILES string of the molecule is CC(=O)c1ccccc1C(C)(F)C1CCC1. The minimum Gasteiger partial charge on any atom is -0.294 e. The minimum absolute atomic E-state index is 0.0567. The summed E-state index contributed by atoms with van der Waals surface area (Å²) in [4.78, 5) is 11.5. The van der Waals surface area contributed by atoms with E-state index in [1.807, 2.05) is 0 Å². The maximum absolute atomic E-state index is 14.7. The molecule has 1 aliphatic carbocycles. The first-order chi connectivity index (χ1) is 7.53. The van der Waals surface area contributed by atoms with Crippen molar-refractivity contribution in [1.82, 2.24) is 0 Å². The molecule has 2 heteroatoms. The van der Waals surface area contributed by atoms with Gasteiger partial charge in [-0.25, -0.2) is 4.39 Å². The van der Waals surface area contributed by atoms with Crippen LogP contribution in [0.15, 0.2) is 24.3 Å². The van der Waals surface area contributed by atoms with Crippen LogP contribution in [-0.4, -0.2) is 5.78 Å². The molecule has 1 unspecified atom stereocenters. The molecule has 16 heavy (non-hydrogen) atoms. The number of rotatable bonds is 3. The third-order valence-electron chi connectivity index (χ3n) is 3.70. The molecule has 1 aromatic carbocycles. The van der Waals surface area contributed by atoms with Gasteiger partial charge in [0, 0.05) is 5.56 Å². The molecule has 86 valence electrons. The Bertz CT molecular complexity index is 405. The van der Waals surface area contributed by atoms with Crippen LogP contribution in [0.2, 0.25) is 0 Å². The van der Waals surface area contributed by atoms with Crippen LogP contribution in [0, 0.1) is 5.92 Å². The van der Waals surface area contributed by atoms with Crippen molar-refractivity contribution in [1.29, 1.82) is 0 Å². The molecular weight excluding hydrogens is 203 g/mol. The Hall–Kier alpha value is -1.18. The van der Waals surface area contributed by atoms with E-state index in [1.165, 1.54) is 6.92 Å². The van der Waals surface area contributed by atoms with E-state index < -0.39 is 5.67 Å². The summed E-state index contributed by atoms with van der Waals surface area (Å²) in [5.74, 6) is 0.0202. The number of hydrogen-bond acceptors (Lipinski definition) is 1. The molecular formula is C14H17FO. The zero-order valence-electron chi connectivity index (χ0n) is 9.79. The fourth-order valence-corrected chi connectivity index (χ4v) is 2.39. The van der Waals surface area contributed by atoms with Gasteiger partial charge in [-0.3, -0.25) is 4.79 Å². The predicted octanol–water partition coefficient (Wildman–Crippen LogP) is 3.87. The van der Waals surface area contributed by atoms with Crippen LogP contribution < -0.4 is 0 Å². The Morgan fingerprint density at radius 2 is 2.00 bits per heavy atom. The van der Waals surface area contributed by atoms with E-state index >= 15 is 0 Å². The third-order valence-corrected chi connectivity index (χ3v) is 3.70. The Balaban J connectivity index is 2.42. The molecule has 0 N–H and O–H groups in total. The smallest absolute Gasteiger partial charge is 0.160 e. The molecule has 1 aromatic rings. The lowest BCUT2D eigenvalue weighted by Crippen LogP contribution is -2.33. The Kier molecular flexibility index (Phi) is 2.83. The summed E-state index contributed by atoms with van der Waals surface area (Å²) in [6.07, 6.45) is 2.96. The van der Waals surface area contributed by atoms with Gasteiger partial charge < -0.3 is 0 Å². The van der Waals surface area contributed by atoms with Crippen LogP contribution in [0.25, 0.3) is 0 Å². The normalized spacial score (nSPS) is 19.9. The Labute approximate surface area is 95.7 Å². The van der Waals surface area contributed by atoms with Crippen LogP contribution in [0.3, 0.4) is 0 Å². The first-order valence-corrected chi connectivity index (χ1v) is 5.83. The summed E-state index contributed by atoms with van der Waals surface area (Å²) in [6.45, 7) is 3.11. The lowest BCUT2D eigenvalue weighted by atomic mass is 9.70. The monoisotopic (exact) mass is 220 g/mol. The average Bonchev–Trinajstić information content (AvgIpc) is 2.14. The molecule has 0 radical (unpaired) electrons. The van der Waals surface area contributed by atoms with Gasteiger partial charge in [-0.1, -0.05) is 30.7 Å². The highest BCUT2D eigenvalue weighted by Gasteiger charge is 2.41. The molecule has 1 aliphatic rings. The van der Waals surface area contributed by atoms with Crippen LogP contribution in [0.4, 0.5) is 4.39 Å². The number of Topliss-reactive ketones (excluding diaryl/α,β-unsaturated/α-hetero) is 1. The summed E-state index contributed by atoms with van der Waals surface area (Å²) in [6, 6.07) is 7.05. The van der Waals surface area contributed by atoms with Crippen molar-refractivity contribution in [3.8, 4) is 0 Å². The van der Waals surface area contributed by atoms with E-state index in [0.717, 1.165) is 19.3 Å². The maximum Gasteiger partial charge on any atom is 0.160 e. The van der Waals surface area contributed by atoms with Gasteiger partial charge in [0.15, 0.2) is 5.78 Å². The fourth-order valence-electron chi connectivity index (χ4n) is 2.39. The van der Waals surface area contributed by atoms with Gasteiger partial charge in [0.25, 0.3) is 0 Å². The molecule has 1 saturated carbocycles. The summed E-state index contributed by atoms with van der Waals surface area (Å²) in [7, 11) is 0. The fraction of sp³-hybridized carbons (Fsp3) is 0.500. The zero-order valence-corrected chi connectivity index (χ0v) is 9.79. The first-order valence-electron chi connectivity index (χ1n) is 5.83. The summed E-state index contributed by atoms with van der Waals surface area (Å²) in [5, 5.41) is 0. The largest absolute Gasteiger partial charge is 0.294 e. The van der Waals surface area contributed by atoms with Crippen LogP contribution in [0.5, 0.6) is 0 Å². The number of halogens is 1. The number of carbonyl (C=O) groups excluding carboxylic acids is 1. The predicted molar refractivity (Wildman–Crippen MR) is 62.2 cm³/mol. The number of hydrogen-bond donors (Lipinski definition) is 0. The molecule has 2 rings (SSSR count). The molecule has 0 aromatic heterocycles. The van der Waals surface area contributed by atoms with Gasteiger partial charge in [0.2, 0.25) is 0 Å². The highest BCUT2D eigenvalue weighted by molar-refractivity contribution is 5.95. The topological polar surface area (TPSA) is 17.1 Å². The number of benzene rings is 1. The second-order valence-corrected chi connectivity index (χ2v) is 4.81. The highest BCUT2D eigenvalue weighted by Crippen LogP contribution is 2.45. The van der Waals surface area contributed by atoms with Gasteiger partial charge >= 0.3 is 0 Å². The van der Waals surface area contributed by atoms with Crippen LogP contribution in [0.1, 0.15) is 49.0 Å². The van der Waals surface area contributed by atoms with Crippen molar-refractivity contribution < 1.29 is 9.18 Å². The summed E-state index contributed by atoms with van der Waals surface area (Å²) >= 11 is 0. The molecule has 1 atom stereocenters. The van der Waals surface area contributed by atoms with Gasteiger partial charge in [0.1, 0.15) is 5.67 Å². The van der Waals surface area contributed by atoms with Crippen LogP contribution >= 0.6 is 0 Å². The minimum atomic E-state index is -1.36. The highest BCUT2D eigenvalue weighted by atomic mass is 19.1. The number of alkyl halides is 1. The molecule has 0 amide bonds. The lowest BCUT2D eigenvalue weighted by Gasteiger charge is -2.38. The molecule has 0 bridgehead atoms. The van der Waals surface area contributed by atoms with Crippen molar-refractivity contribution in [3.05, 3.63) is 35.4 Å². The van der Waals surface area contributed by atoms with Gasteiger partial charge in [-0.2, -0.15) is 0 Å². The maximum atomic E-state index is 14.7. The van der Waals surface area contributed by atoms with E-state index in [0.29, 0.717) is 11.1 Å². The molecule has 1 nitrogen and oxygen atoms in total. The third kappa shape index (κ3) is 1.77. The van der Waals surface area contributed by atoms with Crippen molar-refractivity contribution >= 4 is 5.78 Å². The standard InChI is InChI=1S/C14H17FO/c1-10(16)12-8-3-4-9-13(12)14(2,15)11-6-5-7-11/h3-4,8-9,11H,5-7H2,1-2H3. The number of ketones is 1. The van der Waals surface area contributed by atoms with Crippen molar-refractivity contribution in [2.75, 3.05) is 0 Å². The molecule has 0 spiro atoms. The van der Waals surface area contributed by atoms with Gasteiger partial charge in [-0.15, -0.1) is 0 Å². The Morgan fingerprint density at radius 3 is 2.50 bits per heavy atom. The first kappa shape index (κ1) is 11.3. The molecule has 0 saturated heterocycles. The van der Waals surface area contributed by atoms with E-state index in [9.17, 15) is 9.18 Å². The van der Waals surface area contributed by atoms with Crippen molar-refractivity contribution in [2.24, 2.45) is 5.92 Å². The summed E-state index contributed by atoms with van der Waals surface area (Å²) < 4.78 is 14.7.